The quantitative estimate of drug-likeness (QED) is 0.136. The van der Waals surface area contributed by atoms with Gasteiger partial charge in [-0.1, -0.05) is 65.9 Å². The number of rotatable bonds is 19. The second-order valence-corrected chi connectivity index (χ2v) is 10.0. The third kappa shape index (κ3) is 14.1. The fourth-order valence-corrected chi connectivity index (χ4v) is 3.77. The Labute approximate surface area is 233 Å². The summed E-state index contributed by atoms with van der Waals surface area (Å²) in [5.41, 5.74) is 6.67. The van der Waals surface area contributed by atoms with Crippen molar-refractivity contribution in [2.45, 2.75) is 117 Å². The van der Waals surface area contributed by atoms with Crippen molar-refractivity contribution in [2.75, 3.05) is 6.61 Å². The highest BCUT2D eigenvalue weighted by Crippen LogP contribution is 2.30. The van der Waals surface area contributed by atoms with Crippen LogP contribution in [0.5, 0.6) is 11.5 Å². The summed E-state index contributed by atoms with van der Waals surface area (Å²) in [7, 11) is 0. The van der Waals surface area contributed by atoms with Crippen LogP contribution in [0.3, 0.4) is 0 Å². The second kappa shape index (κ2) is 19.2. The maximum atomic E-state index is 12.5. The van der Waals surface area contributed by atoms with Crippen molar-refractivity contribution < 1.29 is 38.1 Å². The number of hydrogen-bond donors (Lipinski definition) is 1. The number of benzene rings is 1. The molecule has 39 heavy (non-hydrogen) atoms. The van der Waals surface area contributed by atoms with E-state index in [0.717, 1.165) is 38.5 Å². The van der Waals surface area contributed by atoms with Crippen molar-refractivity contribution >= 4 is 23.9 Å². The summed E-state index contributed by atoms with van der Waals surface area (Å²) >= 11 is 0. The molecule has 0 amide bonds. The van der Waals surface area contributed by atoms with Crippen molar-refractivity contribution in [2.24, 2.45) is 11.7 Å². The van der Waals surface area contributed by atoms with Gasteiger partial charge in [-0.3, -0.25) is 19.2 Å². The number of nitrogens with two attached hydrogens (primary N) is 1. The average molecular weight is 550 g/mol. The third-order valence-electron chi connectivity index (χ3n) is 6.08. The summed E-state index contributed by atoms with van der Waals surface area (Å²) in [6.07, 6.45) is 6.79. The minimum atomic E-state index is -0.998. The van der Waals surface area contributed by atoms with E-state index in [2.05, 4.69) is 0 Å². The lowest BCUT2D eigenvalue weighted by Crippen LogP contribution is -2.36. The first kappa shape index (κ1) is 34.1. The molecule has 2 N–H and O–H groups in total. The Bertz CT molecular complexity index is 916. The van der Waals surface area contributed by atoms with E-state index in [0.29, 0.717) is 18.4 Å². The predicted octanol–water partition coefficient (Wildman–Crippen LogP) is 5.44. The van der Waals surface area contributed by atoms with Crippen molar-refractivity contribution in [3.63, 3.8) is 0 Å². The minimum Gasteiger partial charge on any atom is -0.461 e. The molecule has 0 saturated carbocycles. The zero-order valence-corrected chi connectivity index (χ0v) is 24.3. The zero-order valence-electron chi connectivity index (χ0n) is 24.3. The van der Waals surface area contributed by atoms with E-state index < -0.39 is 30.1 Å². The van der Waals surface area contributed by atoms with E-state index in [1.807, 2.05) is 20.8 Å². The predicted molar refractivity (Wildman–Crippen MR) is 148 cm³/mol. The Kier molecular flexibility index (Phi) is 16.8. The van der Waals surface area contributed by atoms with E-state index in [4.69, 9.17) is 24.7 Å². The molecular formula is C30H47NO8. The average Bonchev–Trinajstić information content (AvgIpc) is 2.89. The van der Waals surface area contributed by atoms with E-state index in [1.54, 1.807) is 32.0 Å². The van der Waals surface area contributed by atoms with E-state index in [-0.39, 0.29) is 49.3 Å². The van der Waals surface area contributed by atoms with E-state index in [1.165, 1.54) is 0 Å². The fourth-order valence-electron chi connectivity index (χ4n) is 3.77. The monoisotopic (exact) mass is 549 g/mol. The summed E-state index contributed by atoms with van der Waals surface area (Å²) < 4.78 is 21.6. The van der Waals surface area contributed by atoms with Gasteiger partial charge in [0.1, 0.15) is 18.8 Å². The Hall–Kier alpha value is -2.94. The molecule has 9 heteroatoms. The molecule has 1 aromatic rings. The van der Waals surface area contributed by atoms with Crippen LogP contribution in [-0.4, -0.2) is 42.6 Å². The number of hydrogen-bond acceptors (Lipinski definition) is 9. The van der Waals surface area contributed by atoms with Gasteiger partial charge in [-0.2, -0.15) is 0 Å². The van der Waals surface area contributed by atoms with Crippen LogP contribution >= 0.6 is 0 Å². The lowest BCUT2D eigenvalue weighted by Gasteiger charge is -2.18. The molecule has 1 rings (SSSR count). The SMILES string of the molecule is CCCCCC(=O)Oc1ccc(C[C@H](N)C(=O)OC[C@H](C)OC(=O)C(C)CCC)cc1OC(=O)CCCCC. The van der Waals surface area contributed by atoms with Crippen LogP contribution in [0.15, 0.2) is 18.2 Å². The summed E-state index contributed by atoms with van der Waals surface area (Å²) in [4.78, 5) is 49.2. The Morgan fingerprint density at radius 2 is 1.38 bits per heavy atom. The van der Waals surface area contributed by atoms with Gasteiger partial charge in [0.05, 0.1) is 5.92 Å². The summed E-state index contributed by atoms with van der Waals surface area (Å²) in [5, 5.41) is 0. The number of esters is 4. The number of unbranched alkanes of at least 4 members (excludes halogenated alkanes) is 4. The molecule has 0 aromatic heterocycles. The Morgan fingerprint density at radius 3 is 1.95 bits per heavy atom. The molecule has 0 radical (unpaired) electrons. The molecule has 0 spiro atoms. The largest absolute Gasteiger partial charge is 0.461 e. The molecule has 0 saturated heterocycles. The number of ether oxygens (including phenoxy) is 4. The van der Waals surface area contributed by atoms with Gasteiger partial charge < -0.3 is 24.7 Å². The fraction of sp³-hybridized carbons (Fsp3) is 0.667. The van der Waals surface area contributed by atoms with Gasteiger partial charge in [0.15, 0.2) is 11.5 Å². The summed E-state index contributed by atoms with van der Waals surface area (Å²) in [6, 6.07) is 3.76. The normalized spacial score (nSPS) is 13.2. The first-order valence-corrected chi connectivity index (χ1v) is 14.3. The van der Waals surface area contributed by atoms with Crippen LogP contribution in [0.2, 0.25) is 0 Å². The number of carbonyl (C=O) groups is 4. The van der Waals surface area contributed by atoms with Gasteiger partial charge in [-0.15, -0.1) is 0 Å². The molecule has 0 heterocycles. The maximum Gasteiger partial charge on any atom is 0.323 e. The van der Waals surface area contributed by atoms with Gasteiger partial charge in [0.25, 0.3) is 0 Å². The zero-order chi connectivity index (χ0) is 29.2. The Balaban J connectivity index is 2.81. The first-order valence-electron chi connectivity index (χ1n) is 14.3. The van der Waals surface area contributed by atoms with Gasteiger partial charge >= 0.3 is 23.9 Å². The second-order valence-electron chi connectivity index (χ2n) is 10.0. The van der Waals surface area contributed by atoms with Crippen molar-refractivity contribution in [3.05, 3.63) is 23.8 Å². The molecule has 0 fully saturated rings. The highest BCUT2D eigenvalue weighted by molar-refractivity contribution is 5.77. The summed E-state index contributed by atoms with van der Waals surface area (Å²) in [6.45, 7) is 9.43. The Morgan fingerprint density at radius 1 is 0.795 bits per heavy atom. The first-order chi connectivity index (χ1) is 18.6. The van der Waals surface area contributed by atoms with Crippen LogP contribution in [-0.2, 0) is 35.1 Å². The standard InChI is InChI=1S/C30H47NO8/c1-6-9-11-14-27(32)38-25-17-16-23(19-26(25)39-28(33)15-12-10-7-2)18-24(31)30(35)36-20-22(5)37-29(34)21(4)13-8-3/h16-17,19,21-22,24H,6-15,18,20,31H2,1-5H3/t21?,22-,24-/m0/s1. The lowest BCUT2D eigenvalue weighted by molar-refractivity contribution is -0.161. The highest BCUT2D eigenvalue weighted by Gasteiger charge is 2.22. The van der Waals surface area contributed by atoms with Crippen LogP contribution in [0.1, 0.15) is 104 Å². The van der Waals surface area contributed by atoms with Crippen LogP contribution in [0.25, 0.3) is 0 Å². The van der Waals surface area contributed by atoms with Gasteiger partial charge in [0, 0.05) is 12.8 Å². The third-order valence-corrected chi connectivity index (χ3v) is 6.08. The minimum absolute atomic E-state index is 0.103. The van der Waals surface area contributed by atoms with Gasteiger partial charge in [-0.25, -0.2) is 0 Å². The van der Waals surface area contributed by atoms with Gasteiger partial charge in [-0.05, 0) is 50.3 Å². The molecule has 1 unspecified atom stereocenters. The molecular weight excluding hydrogens is 502 g/mol. The molecule has 1 aromatic carbocycles. The maximum absolute atomic E-state index is 12.5. The molecule has 0 aliphatic rings. The number of carbonyl (C=O) groups excluding carboxylic acids is 4. The van der Waals surface area contributed by atoms with E-state index in [9.17, 15) is 19.2 Å². The van der Waals surface area contributed by atoms with Crippen LogP contribution < -0.4 is 15.2 Å². The highest BCUT2D eigenvalue weighted by atomic mass is 16.6. The van der Waals surface area contributed by atoms with Crippen molar-refractivity contribution in [1.29, 1.82) is 0 Å². The molecule has 3 atom stereocenters. The van der Waals surface area contributed by atoms with Gasteiger partial charge in [0.2, 0.25) is 0 Å². The topological polar surface area (TPSA) is 131 Å². The van der Waals surface area contributed by atoms with Crippen molar-refractivity contribution in [1.82, 2.24) is 0 Å². The molecule has 220 valence electrons. The molecule has 0 aliphatic carbocycles. The smallest absolute Gasteiger partial charge is 0.323 e. The van der Waals surface area contributed by atoms with E-state index >= 15 is 0 Å². The molecule has 9 nitrogen and oxygen atoms in total. The lowest BCUT2D eigenvalue weighted by atomic mass is 10.1. The summed E-state index contributed by atoms with van der Waals surface area (Å²) in [5.74, 6) is -1.77. The molecule has 0 aliphatic heterocycles. The van der Waals surface area contributed by atoms with Crippen molar-refractivity contribution in [3.8, 4) is 11.5 Å². The molecule has 0 bridgehead atoms. The van der Waals surface area contributed by atoms with Crippen LogP contribution in [0.4, 0.5) is 0 Å². The van der Waals surface area contributed by atoms with Crippen LogP contribution in [0, 0.1) is 5.92 Å².